The predicted octanol–water partition coefficient (Wildman–Crippen LogP) is -0.747. The molecule has 1 aromatic heterocycles. The van der Waals surface area contributed by atoms with Gasteiger partial charge in [0.15, 0.2) is 0 Å². The summed E-state index contributed by atoms with van der Waals surface area (Å²) in [5.41, 5.74) is -0.0401. The number of carboxylic acids is 1. The molecule has 80 valence electrons. The van der Waals surface area contributed by atoms with E-state index in [0.717, 1.165) is 0 Å². The van der Waals surface area contributed by atoms with Gasteiger partial charge in [-0.15, -0.1) is 0 Å². The van der Waals surface area contributed by atoms with E-state index >= 15 is 0 Å². The van der Waals surface area contributed by atoms with Gasteiger partial charge in [-0.2, -0.15) is 0 Å². The zero-order valence-electron chi connectivity index (χ0n) is 7.87. The van der Waals surface area contributed by atoms with Crippen LogP contribution >= 0.6 is 0 Å². The first kappa shape index (κ1) is 9.70. The molecule has 0 amide bonds. The van der Waals surface area contributed by atoms with Crippen LogP contribution in [0.3, 0.4) is 0 Å². The van der Waals surface area contributed by atoms with E-state index in [0.29, 0.717) is 24.1 Å². The highest BCUT2D eigenvalue weighted by Crippen LogP contribution is 2.20. The SMILES string of the molecule is O=C(O)[C@@H]1CCc2[nH]c(=O)[nH]c(=O)c2C1. The van der Waals surface area contributed by atoms with Gasteiger partial charge in [0.1, 0.15) is 0 Å². The van der Waals surface area contributed by atoms with E-state index in [9.17, 15) is 14.4 Å². The molecule has 0 unspecified atom stereocenters. The lowest BCUT2D eigenvalue weighted by Crippen LogP contribution is -2.34. The van der Waals surface area contributed by atoms with Gasteiger partial charge < -0.3 is 10.1 Å². The fourth-order valence-corrected chi connectivity index (χ4v) is 1.87. The molecule has 1 aromatic rings. The summed E-state index contributed by atoms with van der Waals surface area (Å²) in [4.78, 5) is 37.7. The number of aryl methyl sites for hydroxylation is 1. The average Bonchev–Trinajstić information content (AvgIpc) is 2.16. The Kier molecular flexibility index (Phi) is 2.18. The maximum absolute atomic E-state index is 11.4. The molecule has 0 fully saturated rings. The number of fused-ring (bicyclic) bond motifs is 1. The molecule has 1 atom stereocenters. The third-order valence-corrected chi connectivity index (χ3v) is 2.67. The van der Waals surface area contributed by atoms with Crippen LogP contribution in [-0.2, 0) is 17.6 Å². The monoisotopic (exact) mass is 210 g/mol. The van der Waals surface area contributed by atoms with Crippen molar-refractivity contribution >= 4 is 5.97 Å². The molecule has 0 spiro atoms. The van der Waals surface area contributed by atoms with Crippen molar-refractivity contribution in [1.29, 1.82) is 0 Å². The number of nitrogens with one attached hydrogen (secondary N) is 2. The Morgan fingerprint density at radius 1 is 1.33 bits per heavy atom. The van der Waals surface area contributed by atoms with Crippen molar-refractivity contribution in [3.8, 4) is 0 Å². The fourth-order valence-electron chi connectivity index (χ4n) is 1.87. The first-order chi connectivity index (χ1) is 7.08. The lowest BCUT2D eigenvalue weighted by molar-refractivity contribution is -0.142. The molecule has 1 heterocycles. The van der Waals surface area contributed by atoms with E-state index in [2.05, 4.69) is 9.97 Å². The van der Waals surface area contributed by atoms with Crippen LogP contribution in [0.5, 0.6) is 0 Å². The number of aromatic amines is 2. The van der Waals surface area contributed by atoms with Gasteiger partial charge in [0, 0.05) is 11.3 Å². The first-order valence-corrected chi connectivity index (χ1v) is 4.65. The Hall–Kier alpha value is -1.85. The molecule has 0 aromatic carbocycles. The average molecular weight is 210 g/mol. The highest BCUT2D eigenvalue weighted by atomic mass is 16.4. The fraction of sp³-hybridized carbons (Fsp3) is 0.444. The molecule has 1 aliphatic rings. The zero-order valence-corrected chi connectivity index (χ0v) is 7.87. The predicted molar refractivity (Wildman–Crippen MR) is 50.8 cm³/mol. The Morgan fingerprint density at radius 2 is 2.07 bits per heavy atom. The van der Waals surface area contributed by atoms with Crippen molar-refractivity contribution in [3.63, 3.8) is 0 Å². The Bertz CT molecular complexity index is 514. The van der Waals surface area contributed by atoms with E-state index < -0.39 is 23.1 Å². The molecule has 2 rings (SSSR count). The van der Waals surface area contributed by atoms with Gasteiger partial charge in [-0.3, -0.25) is 14.6 Å². The molecule has 3 N–H and O–H groups in total. The molecule has 0 bridgehead atoms. The molecule has 0 radical (unpaired) electrons. The maximum Gasteiger partial charge on any atom is 0.325 e. The summed E-state index contributed by atoms with van der Waals surface area (Å²) in [6.45, 7) is 0. The summed E-state index contributed by atoms with van der Waals surface area (Å²) in [6, 6.07) is 0. The quantitative estimate of drug-likeness (QED) is 0.567. The molecule has 1 aliphatic carbocycles. The van der Waals surface area contributed by atoms with Crippen LogP contribution in [0.1, 0.15) is 17.7 Å². The third-order valence-electron chi connectivity index (χ3n) is 2.67. The van der Waals surface area contributed by atoms with Gasteiger partial charge in [-0.05, 0) is 19.3 Å². The Morgan fingerprint density at radius 3 is 2.73 bits per heavy atom. The normalized spacial score (nSPS) is 19.6. The van der Waals surface area contributed by atoms with Crippen molar-refractivity contribution in [2.24, 2.45) is 5.92 Å². The van der Waals surface area contributed by atoms with Gasteiger partial charge in [0.05, 0.1) is 5.92 Å². The Balaban J connectivity index is 2.46. The summed E-state index contributed by atoms with van der Waals surface area (Å²) in [7, 11) is 0. The maximum atomic E-state index is 11.4. The van der Waals surface area contributed by atoms with Crippen LogP contribution in [-0.4, -0.2) is 21.0 Å². The molecular weight excluding hydrogens is 200 g/mol. The van der Waals surface area contributed by atoms with Crippen LogP contribution in [0.15, 0.2) is 9.59 Å². The van der Waals surface area contributed by atoms with Crippen molar-refractivity contribution < 1.29 is 9.90 Å². The van der Waals surface area contributed by atoms with E-state index in [1.807, 2.05) is 0 Å². The second-order valence-corrected chi connectivity index (χ2v) is 3.64. The minimum absolute atomic E-state index is 0.191. The van der Waals surface area contributed by atoms with Crippen LogP contribution < -0.4 is 11.2 Å². The summed E-state index contributed by atoms with van der Waals surface area (Å²) in [6.07, 6.45) is 1.09. The van der Waals surface area contributed by atoms with Gasteiger partial charge in [-0.25, -0.2) is 4.79 Å². The van der Waals surface area contributed by atoms with Crippen molar-refractivity contribution in [3.05, 3.63) is 32.1 Å². The molecule has 6 heteroatoms. The molecule has 0 aliphatic heterocycles. The molecular formula is C9H10N2O4. The van der Waals surface area contributed by atoms with Crippen molar-refractivity contribution in [2.45, 2.75) is 19.3 Å². The van der Waals surface area contributed by atoms with E-state index in [1.54, 1.807) is 0 Å². The minimum Gasteiger partial charge on any atom is -0.481 e. The summed E-state index contributed by atoms with van der Waals surface area (Å²) >= 11 is 0. The summed E-state index contributed by atoms with van der Waals surface area (Å²) in [5, 5.41) is 8.83. The number of rotatable bonds is 1. The number of carbonyl (C=O) groups is 1. The summed E-state index contributed by atoms with van der Waals surface area (Å²) in [5.74, 6) is -1.42. The van der Waals surface area contributed by atoms with Gasteiger partial charge >= 0.3 is 11.7 Å². The van der Waals surface area contributed by atoms with Gasteiger partial charge in [0.2, 0.25) is 0 Å². The molecule has 6 nitrogen and oxygen atoms in total. The smallest absolute Gasteiger partial charge is 0.325 e. The minimum atomic E-state index is -0.897. The number of H-pyrrole nitrogens is 2. The molecule has 0 saturated heterocycles. The third kappa shape index (κ3) is 1.70. The first-order valence-electron chi connectivity index (χ1n) is 4.65. The number of hydrogen-bond acceptors (Lipinski definition) is 3. The zero-order chi connectivity index (χ0) is 11.0. The van der Waals surface area contributed by atoms with Gasteiger partial charge in [-0.1, -0.05) is 0 Å². The second-order valence-electron chi connectivity index (χ2n) is 3.64. The number of aromatic nitrogens is 2. The summed E-state index contributed by atoms with van der Waals surface area (Å²) < 4.78 is 0. The van der Waals surface area contributed by atoms with E-state index in [-0.39, 0.29) is 6.42 Å². The standard InChI is InChI=1S/C9H10N2O4/c12-7-5-3-4(8(13)14)1-2-6(5)10-9(15)11-7/h4H,1-3H2,(H,13,14)(H2,10,11,12,15)/t4-/m1/s1. The van der Waals surface area contributed by atoms with E-state index in [1.165, 1.54) is 0 Å². The van der Waals surface area contributed by atoms with Crippen molar-refractivity contribution in [2.75, 3.05) is 0 Å². The van der Waals surface area contributed by atoms with Crippen LogP contribution in [0.4, 0.5) is 0 Å². The highest BCUT2D eigenvalue weighted by Gasteiger charge is 2.26. The number of carboxylic acid groups (broad SMARTS) is 1. The van der Waals surface area contributed by atoms with Crippen LogP contribution in [0.2, 0.25) is 0 Å². The second kappa shape index (κ2) is 3.38. The highest BCUT2D eigenvalue weighted by molar-refractivity contribution is 5.70. The van der Waals surface area contributed by atoms with Crippen LogP contribution in [0.25, 0.3) is 0 Å². The Labute approximate surface area is 84.0 Å². The topological polar surface area (TPSA) is 103 Å². The van der Waals surface area contributed by atoms with Crippen LogP contribution in [0, 0.1) is 5.92 Å². The lowest BCUT2D eigenvalue weighted by Gasteiger charge is -2.19. The largest absolute Gasteiger partial charge is 0.481 e. The van der Waals surface area contributed by atoms with E-state index in [4.69, 9.17) is 5.11 Å². The number of aliphatic carboxylic acids is 1. The molecule has 15 heavy (non-hydrogen) atoms. The lowest BCUT2D eigenvalue weighted by atomic mass is 9.87. The van der Waals surface area contributed by atoms with Crippen molar-refractivity contribution in [1.82, 2.24) is 9.97 Å². The molecule has 0 saturated carbocycles. The van der Waals surface area contributed by atoms with Gasteiger partial charge in [0.25, 0.3) is 5.56 Å². The number of hydrogen-bond donors (Lipinski definition) is 3.